The van der Waals surface area contributed by atoms with Crippen molar-refractivity contribution in [1.82, 2.24) is 0 Å². The molecule has 0 bridgehead atoms. The summed E-state index contributed by atoms with van der Waals surface area (Å²) in [5.41, 5.74) is 1.85. The van der Waals surface area contributed by atoms with E-state index in [1.807, 2.05) is 30.3 Å². The van der Waals surface area contributed by atoms with E-state index >= 15 is 0 Å². The molecule has 2 heterocycles. The first-order chi connectivity index (χ1) is 13.5. The number of ether oxygens (including phenoxy) is 1. The first kappa shape index (κ1) is 17.9. The summed E-state index contributed by atoms with van der Waals surface area (Å²) in [6, 6.07) is 17.2. The first-order valence-electron chi connectivity index (χ1n) is 8.26. The normalized spacial score (nSPS) is 14.8. The van der Waals surface area contributed by atoms with Crippen LogP contribution in [0, 0.1) is 10.1 Å². The van der Waals surface area contributed by atoms with E-state index in [0.717, 1.165) is 5.56 Å². The lowest BCUT2D eigenvalue weighted by Crippen LogP contribution is -1.96. The standard InChI is InChI=1S/C21H12BrNO5/c22-18-12-15(23(25)26)6-8-17(18)19-9-7-16(27-19)10-14-11-20(28-21(14)24)13-4-2-1-3-5-13/h1-12H/b14-10+. The third-order valence-corrected chi connectivity index (χ3v) is 4.79. The van der Waals surface area contributed by atoms with Gasteiger partial charge in [-0.15, -0.1) is 0 Å². The van der Waals surface area contributed by atoms with Crippen molar-refractivity contribution in [3.63, 3.8) is 0 Å². The Morgan fingerprint density at radius 2 is 1.82 bits per heavy atom. The molecule has 0 unspecified atom stereocenters. The van der Waals surface area contributed by atoms with Gasteiger partial charge in [-0.2, -0.15) is 0 Å². The number of benzene rings is 2. The number of cyclic esters (lactones) is 1. The molecule has 0 N–H and O–H groups in total. The topological polar surface area (TPSA) is 82.6 Å². The van der Waals surface area contributed by atoms with Gasteiger partial charge in [0.05, 0.1) is 10.5 Å². The van der Waals surface area contributed by atoms with Gasteiger partial charge < -0.3 is 9.15 Å². The van der Waals surface area contributed by atoms with Crippen LogP contribution in [0.5, 0.6) is 0 Å². The Balaban J connectivity index is 1.62. The highest BCUT2D eigenvalue weighted by molar-refractivity contribution is 9.10. The molecular weight excluding hydrogens is 426 g/mol. The summed E-state index contributed by atoms with van der Waals surface area (Å²) >= 11 is 3.33. The van der Waals surface area contributed by atoms with Gasteiger partial charge in [-0.25, -0.2) is 4.79 Å². The summed E-state index contributed by atoms with van der Waals surface area (Å²) in [5.74, 6) is 1.03. The van der Waals surface area contributed by atoms with Crippen LogP contribution in [0.25, 0.3) is 23.2 Å². The molecule has 1 aliphatic rings. The van der Waals surface area contributed by atoms with Crippen LogP contribution in [-0.2, 0) is 9.53 Å². The molecule has 0 saturated heterocycles. The van der Waals surface area contributed by atoms with Crippen LogP contribution >= 0.6 is 15.9 Å². The number of non-ortho nitro benzene ring substituents is 1. The van der Waals surface area contributed by atoms with Gasteiger partial charge in [0.2, 0.25) is 0 Å². The Hall–Kier alpha value is -3.45. The molecule has 0 amide bonds. The third-order valence-electron chi connectivity index (χ3n) is 4.14. The maximum absolute atomic E-state index is 12.1. The van der Waals surface area contributed by atoms with Crippen LogP contribution in [0.1, 0.15) is 11.3 Å². The Morgan fingerprint density at radius 3 is 2.54 bits per heavy atom. The molecule has 0 atom stereocenters. The zero-order valence-corrected chi connectivity index (χ0v) is 15.9. The lowest BCUT2D eigenvalue weighted by molar-refractivity contribution is -0.384. The van der Waals surface area contributed by atoms with Crippen LogP contribution in [0.4, 0.5) is 5.69 Å². The van der Waals surface area contributed by atoms with Crippen molar-refractivity contribution in [2.45, 2.75) is 0 Å². The second-order valence-corrected chi connectivity index (χ2v) is 6.84. The number of carbonyl (C=O) groups is 1. The highest BCUT2D eigenvalue weighted by Gasteiger charge is 2.22. The van der Waals surface area contributed by atoms with Gasteiger partial charge in [-0.05, 0) is 46.3 Å². The highest BCUT2D eigenvalue weighted by Crippen LogP contribution is 2.34. The maximum Gasteiger partial charge on any atom is 0.343 e. The number of rotatable bonds is 4. The van der Waals surface area contributed by atoms with Crippen LogP contribution in [0.15, 0.2) is 81.2 Å². The lowest BCUT2D eigenvalue weighted by Gasteiger charge is -2.01. The van der Waals surface area contributed by atoms with Crippen LogP contribution in [0.2, 0.25) is 0 Å². The minimum absolute atomic E-state index is 0.0168. The number of nitro benzene ring substituents is 1. The quantitative estimate of drug-likeness (QED) is 0.229. The van der Waals surface area contributed by atoms with Crippen LogP contribution < -0.4 is 0 Å². The third kappa shape index (κ3) is 3.52. The smallest absolute Gasteiger partial charge is 0.343 e. The lowest BCUT2D eigenvalue weighted by atomic mass is 10.1. The minimum atomic E-state index is -0.463. The number of nitrogens with zero attached hydrogens (tertiary/aromatic N) is 1. The number of esters is 1. The van der Waals surface area contributed by atoms with Crippen molar-refractivity contribution in [3.8, 4) is 11.3 Å². The number of hydrogen-bond acceptors (Lipinski definition) is 5. The number of halogens is 1. The highest BCUT2D eigenvalue weighted by atomic mass is 79.9. The van der Waals surface area contributed by atoms with Crippen molar-refractivity contribution in [2.24, 2.45) is 0 Å². The fourth-order valence-corrected chi connectivity index (χ4v) is 3.34. The van der Waals surface area contributed by atoms with Gasteiger partial charge in [-0.3, -0.25) is 10.1 Å². The molecule has 138 valence electrons. The van der Waals surface area contributed by atoms with Gasteiger partial charge in [-0.1, -0.05) is 30.3 Å². The number of furan rings is 1. The molecule has 0 fully saturated rings. The van der Waals surface area contributed by atoms with Crippen molar-refractivity contribution < 1.29 is 18.9 Å². The van der Waals surface area contributed by atoms with Crippen molar-refractivity contribution in [3.05, 3.63) is 98.2 Å². The Labute approximate surface area is 168 Å². The predicted molar refractivity (Wildman–Crippen MR) is 107 cm³/mol. The average Bonchev–Trinajstić information content (AvgIpc) is 3.30. The molecule has 0 saturated carbocycles. The van der Waals surface area contributed by atoms with E-state index in [4.69, 9.17) is 9.15 Å². The van der Waals surface area contributed by atoms with Crippen molar-refractivity contribution in [2.75, 3.05) is 0 Å². The zero-order chi connectivity index (χ0) is 19.7. The number of carbonyl (C=O) groups excluding carboxylic acids is 1. The van der Waals surface area contributed by atoms with Crippen molar-refractivity contribution in [1.29, 1.82) is 0 Å². The Morgan fingerprint density at radius 1 is 1.04 bits per heavy atom. The fourth-order valence-electron chi connectivity index (χ4n) is 2.78. The molecule has 4 rings (SSSR count). The average molecular weight is 438 g/mol. The minimum Gasteiger partial charge on any atom is -0.457 e. The zero-order valence-electron chi connectivity index (χ0n) is 14.3. The summed E-state index contributed by atoms with van der Waals surface area (Å²) in [7, 11) is 0. The predicted octanol–water partition coefficient (Wildman–Crippen LogP) is 5.60. The van der Waals surface area contributed by atoms with Gasteiger partial charge >= 0.3 is 5.97 Å². The summed E-state index contributed by atoms with van der Waals surface area (Å²) < 4.78 is 11.7. The molecule has 28 heavy (non-hydrogen) atoms. The monoisotopic (exact) mass is 437 g/mol. The molecule has 2 aromatic carbocycles. The summed E-state index contributed by atoms with van der Waals surface area (Å²) in [5, 5.41) is 10.9. The Kier molecular flexibility index (Phi) is 4.67. The summed E-state index contributed by atoms with van der Waals surface area (Å²) in [4.78, 5) is 22.5. The fraction of sp³-hybridized carbons (Fsp3) is 0. The molecule has 1 aliphatic heterocycles. The Bertz CT molecular complexity index is 1140. The molecule has 0 spiro atoms. The van der Waals surface area contributed by atoms with E-state index < -0.39 is 10.9 Å². The second-order valence-electron chi connectivity index (χ2n) is 5.99. The van der Waals surface area contributed by atoms with E-state index in [1.165, 1.54) is 12.1 Å². The number of nitro groups is 1. The second kappa shape index (κ2) is 7.28. The summed E-state index contributed by atoms with van der Waals surface area (Å²) in [6.07, 6.45) is 3.27. The van der Waals surface area contributed by atoms with Gasteiger partial charge in [0.25, 0.3) is 5.69 Å². The molecule has 6 nitrogen and oxygen atoms in total. The first-order valence-corrected chi connectivity index (χ1v) is 9.06. The van der Waals surface area contributed by atoms with E-state index in [9.17, 15) is 14.9 Å². The van der Waals surface area contributed by atoms with Gasteiger partial charge in [0.1, 0.15) is 17.3 Å². The molecule has 0 aliphatic carbocycles. The van der Waals surface area contributed by atoms with E-state index in [-0.39, 0.29) is 5.69 Å². The van der Waals surface area contributed by atoms with E-state index in [2.05, 4.69) is 15.9 Å². The van der Waals surface area contributed by atoms with Crippen molar-refractivity contribution >= 4 is 39.4 Å². The summed E-state index contributed by atoms with van der Waals surface area (Å²) in [6.45, 7) is 0. The molecule has 1 aromatic heterocycles. The van der Waals surface area contributed by atoms with Gasteiger partial charge in [0, 0.05) is 27.7 Å². The molecule has 0 radical (unpaired) electrons. The van der Waals surface area contributed by atoms with Crippen LogP contribution in [-0.4, -0.2) is 10.9 Å². The molecule has 3 aromatic rings. The molecular formula is C21H12BrNO5. The van der Waals surface area contributed by atoms with Gasteiger partial charge in [0.15, 0.2) is 0 Å². The van der Waals surface area contributed by atoms with E-state index in [1.54, 1.807) is 30.4 Å². The number of hydrogen-bond donors (Lipinski definition) is 0. The SMILES string of the molecule is O=C1OC(c2ccccc2)=C/C1=C\c1ccc(-c2ccc([N+](=O)[O-])cc2Br)o1. The molecule has 7 heteroatoms. The maximum atomic E-state index is 12.1. The largest absolute Gasteiger partial charge is 0.457 e. The van der Waals surface area contributed by atoms with Crippen LogP contribution in [0.3, 0.4) is 0 Å². The van der Waals surface area contributed by atoms with E-state index in [0.29, 0.717) is 32.9 Å².